The van der Waals surface area contributed by atoms with Gasteiger partial charge in [-0.2, -0.15) is 0 Å². The second kappa shape index (κ2) is 3.21. The number of nitrogens with two attached hydrogens (primary N) is 2. The fourth-order valence-electron chi connectivity index (χ4n) is 1.36. The average Bonchev–Trinajstić information content (AvgIpc) is 2.45. The minimum absolute atomic E-state index is 0.143. The fourth-order valence-corrected chi connectivity index (χ4v) is 1.94. The van der Waals surface area contributed by atoms with Crippen molar-refractivity contribution in [3.05, 3.63) is 22.8 Å². The predicted molar refractivity (Wildman–Crippen MR) is 57.7 cm³/mol. The van der Waals surface area contributed by atoms with Gasteiger partial charge in [0.25, 0.3) is 0 Å². The number of fused-ring (bicyclic) bond motifs is 1. The van der Waals surface area contributed by atoms with Gasteiger partial charge in [-0.25, -0.2) is 9.97 Å². The second-order valence-corrected chi connectivity index (χ2v) is 3.83. The highest BCUT2D eigenvalue weighted by Gasteiger charge is 2.14. The van der Waals surface area contributed by atoms with Crippen LogP contribution in [0.15, 0.2) is 17.0 Å². The Morgan fingerprint density at radius 3 is 2.93 bits per heavy atom. The summed E-state index contributed by atoms with van der Waals surface area (Å²) in [5, 5.41) is 0. The third kappa shape index (κ3) is 1.27. The van der Waals surface area contributed by atoms with Crippen LogP contribution in [0.5, 0.6) is 0 Å². The van der Waals surface area contributed by atoms with Gasteiger partial charge in [0.1, 0.15) is 15.9 Å². The molecule has 2 aromatic heterocycles. The summed E-state index contributed by atoms with van der Waals surface area (Å²) in [6, 6.07) is -0.143. The Morgan fingerprint density at radius 2 is 2.29 bits per heavy atom. The van der Waals surface area contributed by atoms with E-state index in [0.717, 1.165) is 11.3 Å². The molecule has 0 saturated carbocycles. The van der Waals surface area contributed by atoms with Crippen molar-refractivity contribution in [2.24, 2.45) is 5.73 Å². The van der Waals surface area contributed by atoms with E-state index in [2.05, 4.69) is 25.9 Å². The molecule has 2 heterocycles. The normalized spacial score (nSPS) is 13.4. The molecule has 0 fully saturated rings. The van der Waals surface area contributed by atoms with Crippen LogP contribution in [0.4, 0.5) is 5.82 Å². The minimum atomic E-state index is -0.143. The summed E-state index contributed by atoms with van der Waals surface area (Å²) in [4.78, 5) is 8.27. The van der Waals surface area contributed by atoms with Crippen LogP contribution in [0, 0.1) is 0 Å². The summed E-state index contributed by atoms with van der Waals surface area (Å²) < 4.78 is 2.52. The monoisotopic (exact) mass is 255 g/mol. The van der Waals surface area contributed by atoms with Crippen LogP contribution in [-0.2, 0) is 0 Å². The van der Waals surface area contributed by atoms with Crippen LogP contribution in [0.25, 0.3) is 5.52 Å². The minimum Gasteiger partial charge on any atom is -0.382 e. The molecule has 0 spiro atoms. The Labute approximate surface area is 89.3 Å². The van der Waals surface area contributed by atoms with Crippen LogP contribution < -0.4 is 11.5 Å². The smallest absolute Gasteiger partial charge is 0.150 e. The molecule has 2 rings (SSSR count). The SMILES string of the molecule is C[C@H](N)c1nc(Br)c2c(N)nccn12. The average molecular weight is 256 g/mol. The zero-order valence-corrected chi connectivity index (χ0v) is 9.19. The molecule has 0 bridgehead atoms. The molecule has 14 heavy (non-hydrogen) atoms. The highest BCUT2D eigenvalue weighted by atomic mass is 79.9. The molecule has 4 N–H and O–H groups in total. The summed E-state index contributed by atoms with van der Waals surface area (Å²) in [7, 11) is 0. The number of hydrogen-bond donors (Lipinski definition) is 2. The lowest BCUT2D eigenvalue weighted by Crippen LogP contribution is -2.10. The Kier molecular flexibility index (Phi) is 2.16. The van der Waals surface area contributed by atoms with Crippen molar-refractivity contribution in [3.8, 4) is 0 Å². The highest BCUT2D eigenvalue weighted by Crippen LogP contribution is 2.24. The maximum Gasteiger partial charge on any atom is 0.150 e. The van der Waals surface area contributed by atoms with Crippen molar-refractivity contribution < 1.29 is 0 Å². The number of imidazole rings is 1. The molecule has 1 atom stereocenters. The summed E-state index contributed by atoms with van der Waals surface area (Å²) in [5.41, 5.74) is 12.3. The standard InChI is InChI=1S/C8H10BrN5/c1-4(10)8-13-6(9)5-7(11)12-2-3-14(5)8/h2-4H,10H2,1H3,(H2,11,12)/t4-/m0/s1. The Balaban J connectivity index is 2.84. The van der Waals surface area contributed by atoms with Gasteiger partial charge in [-0.05, 0) is 22.9 Å². The number of nitrogen functional groups attached to an aromatic ring is 1. The quantitative estimate of drug-likeness (QED) is 0.800. The van der Waals surface area contributed by atoms with Crippen LogP contribution in [0.1, 0.15) is 18.8 Å². The van der Waals surface area contributed by atoms with E-state index < -0.39 is 0 Å². The zero-order valence-electron chi connectivity index (χ0n) is 7.61. The second-order valence-electron chi connectivity index (χ2n) is 3.08. The fraction of sp³-hybridized carbons (Fsp3) is 0.250. The molecule has 0 aliphatic heterocycles. The summed E-state index contributed by atoms with van der Waals surface area (Å²) >= 11 is 3.33. The van der Waals surface area contributed by atoms with Gasteiger partial charge in [0.05, 0.1) is 6.04 Å². The Hall–Kier alpha value is -1.14. The molecule has 0 aliphatic rings. The lowest BCUT2D eigenvalue weighted by atomic mass is 10.3. The third-order valence-corrected chi connectivity index (χ3v) is 2.53. The van der Waals surface area contributed by atoms with E-state index >= 15 is 0 Å². The molecule has 74 valence electrons. The maximum atomic E-state index is 5.78. The summed E-state index contributed by atoms with van der Waals surface area (Å²) in [6.45, 7) is 1.87. The molecule has 6 heteroatoms. The first-order valence-electron chi connectivity index (χ1n) is 4.14. The largest absolute Gasteiger partial charge is 0.382 e. The van der Waals surface area contributed by atoms with Crippen molar-refractivity contribution in [1.82, 2.24) is 14.4 Å². The van der Waals surface area contributed by atoms with Crippen molar-refractivity contribution in [1.29, 1.82) is 0 Å². The number of aromatic nitrogens is 3. The molecule has 0 amide bonds. The molecule has 5 nitrogen and oxygen atoms in total. The first kappa shape index (κ1) is 9.42. The van der Waals surface area contributed by atoms with Gasteiger partial charge in [-0.1, -0.05) is 0 Å². The van der Waals surface area contributed by atoms with Crippen molar-refractivity contribution >= 4 is 27.3 Å². The Morgan fingerprint density at radius 1 is 1.57 bits per heavy atom. The number of hydrogen-bond acceptors (Lipinski definition) is 4. The summed E-state index contributed by atoms with van der Waals surface area (Å²) in [6.07, 6.45) is 3.42. The van der Waals surface area contributed by atoms with Crippen molar-refractivity contribution in [3.63, 3.8) is 0 Å². The molecule has 0 aliphatic carbocycles. The number of rotatable bonds is 1. The van der Waals surface area contributed by atoms with Crippen molar-refractivity contribution in [2.75, 3.05) is 5.73 Å². The highest BCUT2D eigenvalue weighted by molar-refractivity contribution is 9.10. The zero-order chi connectivity index (χ0) is 10.3. The lowest BCUT2D eigenvalue weighted by molar-refractivity contribution is 0.734. The molecular weight excluding hydrogens is 246 g/mol. The van der Waals surface area contributed by atoms with Gasteiger partial charge in [0, 0.05) is 12.4 Å². The molecule has 2 aromatic rings. The van der Waals surface area contributed by atoms with Gasteiger partial charge in [-0.15, -0.1) is 0 Å². The summed E-state index contributed by atoms with van der Waals surface area (Å²) in [5.74, 6) is 1.21. The van der Waals surface area contributed by atoms with Gasteiger partial charge in [0.15, 0.2) is 5.82 Å². The van der Waals surface area contributed by atoms with Crippen LogP contribution in [-0.4, -0.2) is 14.4 Å². The van der Waals surface area contributed by atoms with E-state index in [-0.39, 0.29) is 6.04 Å². The molecule has 0 radical (unpaired) electrons. The Bertz CT molecular complexity index is 476. The van der Waals surface area contributed by atoms with E-state index in [4.69, 9.17) is 11.5 Å². The maximum absolute atomic E-state index is 5.78. The van der Waals surface area contributed by atoms with E-state index in [9.17, 15) is 0 Å². The number of anilines is 1. The van der Waals surface area contributed by atoms with E-state index in [1.165, 1.54) is 0 Å². The third-order valence-electron chi connectivity index (χ3n) is 1.98. The molecular formula is C8H10BrN5. The molecule has 0 saturated heterocycles. The van der Waals surface area contributed by atoms with Crippen LogP contribution >= 0.6 is 15.9 Å². The lowest BCUT2D eigenvalue weighted by Gasteiger charge is -2.03. The van der Waals surface area contributed by atoms with Gasteiger partial charge in [-0.3, -0.25) is 4.40 Å². The van der Waals surface area contributed by atoms with E-state index in [0.29, 0.717) is 10.4 Å². The first-order chi connectivity index (χ1) is 6.61. The number of halogens is 1. The molecule has 0 unspecified atom stereocenters. The van der Waals surface area contributed by atoms with Crippen LogP contribution in [0.2, 0.25) is 0 Å². The van der Waals surface area contributed by atoms with Crippen LogP contribution in [0.3, 0.4) is 0 Å². The topological polar surface area (TPSA) is 82.2 Å². The van der Waals surface area contributed by atoms with Crippen molar-refractivity contribution in [2.45, 2.75) is 13.0 Å². The predicted octanol–water partition coefficient (Wildman–Crippen LogP) is 1.09. The van der Waals surface area contributed by atoms with Gasteiger partial charge >= 0.3 is 0 Å². The molecule has 0 aromatic carbocycles. The van der Waals surface area contributed by atoms with Gasteiger partial charge in [0.2, 0.25) is 0 Å². The van der Waals surface area contributed by atoms with E-state index in [1.807, 2.05) is 11.3 Å². The first-order valence-corrected chi connectivity index (χ1v) is 4.94. The van der Waals surface area contributed by atoms with Gasteiger partial charge < -0.3 is 11.5 Å². The van der Waals surface area contributed by atoms with E-state index in [1.54, 1.807) is 12.4 Å². The number of nitrogens with zero attached hydrogens (tertiary/aromatic N) is 3.